The van der Waals surface area contributed by atoms with Crippen molar-refractivity contribution < 1.29 is 14.3 Å². The molecule has 0 unspecified atom stereocenters. The summed E-state index contributed by atoms with van der Waals surface area (Å²) in [5.74, 6) is -0.956. The predicted octanol–water partition coefficient (Wildman–Crippen LogP) is 4.61. The van der Waals surface area contributed by atoms with Crippen molar-refractivity contribution in [1.29, 1.82) is 5.26 Å². The van der Waals surface area contributed by atoms with Gasteiger partial charge in [-0.05, 0) is 55.0 Å². The summed E-state index contributed by atoms with van der Waals surface area (Å²) >= 11 is 0. The summed E-state index contributed by atoms with van der Waals surface area (Å²) in [6.07, 6.45) is 4.84. The van der Waals surface area contributed by atoms with Crippen LogP contribution in [0.1, 0.15) is 52.0 Å². The van der Waals surface area contributed by atoms with Crippen LogP contribution >= 0.6 is 0 Å². The molecule has 0 saturated carbocycles. The third-order valence-corrected chi connectivity index (χ3v) is 5.69. The van der Waals surface area contributed by atoms with E-state index in [-0.39, 0.29) is 19.6 Å². The van der Waals surface area contributed by atoms with Gasteiger partial charge < -0.3 is 10.1 Å². The van der Waals surface area contributed by atoms with E-state index >= 15 is 0 Å². The SMILES string of the molecule is Cc1ccc(/C=C2\CCCc3c2nc2ccccc2c3C(=O)OCC(=O)NCCC#N)cc1. The molecule has 0 bridgehead atoms. The number of nitriles is 1. The van der Waals surface area contributed by atoms with Crippen LogP contribution in [-0.2, 0) is 16.0 Å². The highest BCUT2D eigenvalue weighted by atomic mass is 16.5. The van der Waals surface area contributed by atoms with Gasteiger partial charge in [0.05, 0.1) is 29.3 Å². The molecular formula is C27H25N3O3. The molecule has 1 N–H and O–H groups in total. The Kier molecular flexibility index (Phi) is 6.80. The largest absolute Gasteiger partial charge is 0.452 e. The fourth-order valence-corrected chi connectivity index (χ4v) is 4.08. The van der Waals surface area contributed by atoms with Gasteiger partial charge in [-0.25, -0.2) is 9.78 Å². The Morgan fingerprint density at radius 3 is 2.73 bits per heavy atom. The molecule has 3 aromatic rings. The molecule has 6 heteroatoms. The van der Waals surface area contributed by atoms with Crippen molar-refractivity contribution in [2.24, 2.45) is 0 Å². The number of carbonyl (C=O) groups is 2. The highest BCUT2D eigenvalue weighted by Crippen LogP contribution is 2.36. The van der Waals surface area contributed by atoms with E-state index in [0.29, 0.717) is 5.56 Å². The molecule has 0 radical (unpaired) electrons. The molecular weight excluding hydrogens is 414 g/mol. The smallest absolute Gasteiger partial charge is 0.339 e. The predicted molar refractivity (Wildman–Crippen MR) is 127 cm³/mol. The summed E-state index contributed by atoms with van der Waals surface area (Å²) < 4.78 is 5.38. The van der Waals surface area contributed by atoms with Crippen molar-refractivity contribution in [3.63, 3.8) is 0 Å². The number of carbonyl (C=O) groups excluding carboxylic acids is 2. The van der Waals surface area contributed by atoms with Crippen molar-refractivity contribution in [3.05, 3.63) is 76.5 Å². The molecule has 2 aromatic carbocycles. The monoisotopic (exact) mass is 439 g/mol. The summed E-state index contributed by atoms with van der Waals surface area (Å²) in [5.41, 5.74) is 6.28. The molecule has 1 aliphatic rings. The first-order chi connectivity index (χ1) is 16.1. The zero-order valence-electron chi connectivity index (χ0n) is 18.6. The molecule has 0 spiro atoms. The number of nitrogens with zero attached hydrogens (tertiary/aromatic N) is 2. The second-order valence-electron chi connectivity index (χ2n) is 8.10. The average Bonchev–Trinajstić information content (AvgIpc) is 2.83. The standard InChI is InChI=1S/C27H25N3O3/c1-18-10-12-19(13-11-18)16-20-6-4-8-22-25(21-7-2-3-9-23(21)30-26(20)22)27(32)33-17-24(31)29-15-5-14-28/h2-3,7,9-13,16H,4-6,8,15,17H2,1H3,(H,29,31)/b20-16+. The van der Waals surface area contributed by atoms with Crippen LogP contribution in [0.2, 0.25) is 0 Å². The van der Waals surface area contributed by atoms with Crippen LogP contribution < -0.4 is 5.32 Å². The van der Waals surface area contributed by atoms with Crippen molar-refractivity contribution in [2.75, 3.05) is 13.2 Å². The molecule has 4 rings (SSSR count). The molecule has 0 aliphatic heterocycles. The molecule has 166 valence electrons. The van der Waals surface area contributed by atoms with Gasteiger partial charge in [0.1, 0.15) is 0 Å². The van der Waals surface area contributed by atoms with Gasteiger partial charge in [-0.2, -0.15) is 5.26 Å². The van der Waals surface area contributed by atoms with Crippen molar-refractivity contribution in [1.82, 2.24) is 10.3 Å². The quantitative estimate of drug-likeness (QED) is 0.447. The lowest BCUT2D eigenvalue weighted by atomic mass is 9.86. The molecule has 0 fully saturated rings. The molecule has 1 aromatic heterocycles. The Labute approximate surface area is 192 Å². The number of ether oxygens (including phenoxy) is 1. The Balaban J connectivity index is 1.70. The Bertz CT molecular complexity index is 1270. The fraction of sp³-hybridized carbons (Fsp3) is 0.259. The zero-order chi connectivity index (χ0) is 23.2. The van der Waals surface area contributed by atoms with Crippen LogP contribution in [0.15, 0.2) is 48.5 Å². The minimum absolute atomic E-state index is 0.207. The van der Waals surface area contributed by atoms with E-state index in [4.69, 9.17) is 15.0 Å². The van der Waals surface area contributed by atoms with E-state index in [1.807, 2.05) is 30.3 Å². The number of hydrogen-bond acceptors (Lipinski definition) is 5. The number of aromatic nitrogens is 1. The summed E-state index contributed by atoms with van der Waals surface area (Å²) in [6, 6.07) is 17.8. The maximum Gasteiger partial charge on any atom is 0.339 e. The number of amides is 1. The van der Waals surface area contributed by atoms with E-state index in [1.54, 1.807) is 0 Å². The average molecular weight is 440 g/mol. The molecule has 0 atom stereocenters. The van der Waals surface area contributed by atoms with Gasteiger partial charge in [0.15, 0.2) is 6.61 Å². The minimum atomic E-state index is -0.531. The molecule has 1 heterocycles. The van der Waals surface area contributed by atoms with Crippen LogP contribution in [0.4, 0.5) is 0 Å². The van der Waals surface area contributed by atoms with Crippen LogP contribution in [0.5, 0.6) is 0 Å². The summed E-state index contributed by atoms with van der Waals surface area (Å²) in [5, 5.41) is 11.9. The summed E-state index contributed by atoms with van der Waals surface area (Å²) in [4.78, 5) is 30.0. The van der Waals surface area contributed by atoms with Crippen molar-refractivity contribution >= 4 is 34.4 Å². The Hall–Kier alpha value is -3.98. The third kappa shape index (κ3) is 5.09. The second-order valence-corrected chi connectivity index (χ2v) is 8.10. The normalized spacial score (nSPS) is 13.9. The molecule has 0 saturated heterocycles. The van der Waals surface area contributed by atoms with E-state index in [9.17, 15) is 9.59 Å². The summed E-state index contributed by atoms with van der Waals surface area (Å²) in [6.45, 7) is 1.90. The highest BCUT2D eigenvalue weighted by Gasteiger charge is 2.26. The number of para-hydroxylation sites is 1. The van der Waals surface area contributed by atoms with Gasteiger partial charge in [0.25, 0.3) is 5.91 Å². The minimum Gasteiger partial charge on any atom is -0.452 e. The molecule has 6 nitrogen and oxygen atoms in total. The maximum absolute atomic E-state index is 13.2. The van der Waals surface area contributed by atoms with Gasteiger partial charge in [0.2, 0.25) is 0 Å². The Morgan fingerprint density at radius 2 is 1.94 bits per heavy atom. The van der Waals surface area contributed by atoms with E-state index < -0.39 is 11.9 Å². The molecule has 33 heavy (non-hydrogen) atoms. The number of allylic oxidation sites excluding steroid dienone is 1. The van der Waals surface area contributed by atoms with Gasteiger partial charge in [-0.15, -0.1) is 0 Å². The molecule has 1 aliphatic carbocycles. The van der Waals surface area contributed by atoms with Crippen LogP contribution in [-0.4, -0.2) is 30.0 Å². The van der Waals surface area contributed by atoms with E-state index in [2.05, 4.69) is 42.6 Å². The van der Waals surface area contributed by atoms with Gasteiger partial charge in [0, 0.05) is 11.9 Å². The third-order valence-electron chi connectivity index (χ3n) is 5.69. The van der Waals surface area contributed by atoms with Crippen LogP contribution in [0.25, 0.3) is 22.6 Å². The number of rotatable bonds is 6. The number of fused-ring (bicyclic) bond motifs is 2. The number of esters is 1. The first-order valence-corrected chi connectivity index (χ1v) is 11.1. The number of nitrogens with one attached hydrogen (secondary N) is 1. The zero-order valence-corrected chi connectivity index (χ0v) is 18.6. The van der Waals surface area contributed by atoms with Gasteiger partial charge in [-0.1, -0.05) is 48.0 Å². The maximum atomic E-state index is 13.2. The van der Waals surface area contributed by atoms with Crippen molar-refractivity contribution in [3.8, 4) is 6.07 Å². The Morgan fingerprint density at radius 1 is 1.15 bits per heavy atom. The number of pyridine rings is 1. The topological polar surface area (TPSA) is 92.1 Å². The summed E-state index contributed by atoms with van der Waals surface area (Å²) in [7, 11) is 0. The fourth-order valence-electron chi connectivity index (χ4n) is 4.08. The van der Waals surface area contributed by atoms with E-state index in [1.165, 1.54) is 5.56 Å². The number of aryl methyl sites for hydroxylation is 1. The number of hydrogen-bond donors (Lipinski definition) is 1. The molecule has 1 amide bonds. The van der Waals surface area contributed by atoms with Gasteiger partial charge >= 0.3 is 5.97 Å². The lowest BCUT2D eigenvalue weighted by molar-refractivity contribution is -0.124. The number of benzene rings is 2. The van der Waals surface area contributed by atoms with Gasteiger partial charge in [-0.3, -0.25) is 4.79 Å². The van der Waals surface area contributed by atoms with Crippen molar-refractivity contribution in [2.45, 2.75) is 32.6 Å². The van der Waals surface area contributed by atoms with E-state index in [0.717, 1.165) is 52.6 Å². The lowest BCUT2D eigenvalue weighted by Gasteiger charge is -2.22. The first-order valence-electron chi connectivity index (χ1n) is 11.1. The highest BCUT2D eigenvalue weighted by molar-refractivity contribution is 6.07. The second kappa shape index (κ2) is 10.1. The first kappa shape index (κ1) is 22.2. The van der Waals surface area contributed by atoms with Crippen LogP contribution in [0, 0.1) is 18.3 Å². The lowest BCUT2D eigenvalue weighted by Crippen LogP contribution is -2.29. The van der Waals surface area contributed by atoms with Crippen LogP contribution in [0.3, 0.4) is 0 Å².